The molecule has 3 rings (SSSR count). The Bertz CT molecular complexity index is 540. The average Bonchev–Trinajstić information content (AvgIpc) is 2.95. The highest BCUT2D eigenvalue weighted by molar-refractivity contribution is 9.10. The number of ether oxygens (including phenoxy) is 1. The summed E-state index contributed by atoms with van der Waals surface area (Å²) in [6.07, 6.45) is 3.22. The fourth-order valence-electron chi connectivity index (χ4n) is 2.76. The molecule has 2 bridgehead atoms. The second-order valence-corrected chi connectivity index (χ2v) is 6.17. The molecule has 2 aliphatic heterocycles. The minimum absolute atomic E-state index is 0.0141. The van der Waals surface area contributed by atoms with Gasteiger partial charge in [0, 0.05) is 5.02 Å². The van der Waals surface area contributed by atoms with E-state index in [1.165, 1.54) is 12.1 Å². The summed E-state index contributed by atoms with van der Waals surface area (Å²) < 4.78 is 19.3. The number of hydrogen-bond donors (Lipinski definition) is 1. The van der Waals surface area contributed by atoms with Gasteiger partial charge in [-0.2, -0.15) is 0 Å². The molecule has 1 aromatic rings. The second-order valence-electron chi connectivity index (χ2n) is 4.94. The number of amides is 1. The van der Waals surface area contributed by atoms with E-state index < -0.39 is 5.82 Å². The molecule has 0 radical (unpaired) electrons. The van der Waals surface area contributed by atoms with Crippen molar-refractivity contribution < 1.29 is 13.9 Å². The Balaban J connectivity index is 1.77. The lowest BCUT2D eigenvalue weighted by Crippen LogP contribution is -2.41. The van der Waals surface area contributed by atoms with E-state index in [0.717, 1.165) is 19.3 Å². The van der Waals surface area contributed by atoms with Gasteiger partial charge in [-0.1, -0.05) is 11.6 Å². The van der Waals surface area contributed by atoms with E-state index in [0.29, 0.717) is 0 Å². The Kier molecular flexibility index (Phi) is 3.53. The molecule has 0 saturated carbocycles. The molecule has 3 unspecified atom stereocenters. The van der Waals surface area contributed by atoms with Crippen LogP contribution in [0.3, 0.4) is 0 Å². The van der Waals surface area contributed by atoms with Gasteiger partial charge in [0.05, 0.1) is 28.3 Å². The number of rotatable bonds is 2. The van der Waals surface area contributed by atoms with Crippen LogP contribution in [0.2, 0.25) is 5.02 Å². The van der Waals surface area contributed by atoms with Gasteiger partial charge >= 0.3 is 0 Å². The number of fused-ring (bicyclic) bond motifs is 2. The van der Waals surface area contributed by atoms with Crippen LogP contribution < -0.4 is 5.32 Å². The van der Waals surface area contributed by atoms with Crippen LogP contribution in [0, 0.1) is 5.82 Å². The summed E-state index contributed by atoms with van der Waals surface area (Å²) in [7, 11) is 0. The Labute approximate surface area is 123 Å². The van der Waals surface area contributed by atoms with E-state index in [1.807, 2.05) is 0 Å². The van der Waals surface area contributed by atoms with Crippen molar-refractivity contribution in [2.75, 3.05) is 0 Å². The first-order chi connectivity index (χ1) is 9.04. The van der Waals surface area contributed by atoms with Crippen molar-refractivity contribution in [2.24, 2.45) is 0 Å². The van der Waals surface area contributed by atoms with Crippen molar-refractivity contribution in [1.29, 1.82) is 0 Å². The van der Waals surface area contributed by atoms with Gasteiger partial charge in [0.1, 0.15) is 5.82 Å². The van der Waals surface area contributed by atoms with Gasteiger partial charge in [-0.15, -0.1) is 0 Å². The molecule has 3 nitrogen and oxygen atoms in total. The number of halogens is 3. The fourth-order valence-corrected chi connectivity index (χ4v) is 3.37. The topological polar surface area (TPSA) is 38.3 Å². The maximum atomic E-state index is 13.5. The van der Waals surface area contributed by atoms with Crippen LogP contribution in [0.4, 0.5) is 4.39 Å². The smallest absolute Gasteiger partial charge is 0.252 e. The molecule has 2 aliphatic rings. The van der Waals surface area contributed by atoms with Gasteiger partial charge in [-0.25, -0.2) is 4.39 Å². The highest BCUT2D eigenvalue weighted by atomic mass is 79.9. The van der Waals surface area contributed by atoms with Gasteiger partial charge in [0.2, 0.25) is 0 Å². The fraction of sp³-hybridized carbons (Fsp3) is 0.462. The third kappa shape index (κ3) is 2.51. The lowest BCUT2D eigenvalue weighted by Gasteiger charge is -2.20. The van der Waals surface area contributed by atoms with E-state index in [9.17, 15) is 9.18 Å². The Morgan fingerprint density at radius 3 is 2.89 bits per heavy atom. The molecule has 2 fully saturated rings. The molecule has 0 spiro atoms. The Morgan fingerprint density at radius 2 is 2.26 bits per heavy atom. The number of carbonyl (C=O) groups excluding carboxylic acids is 1. The van der Waals surface area contributed by atoms with Crippen molar-refractivity contribution in [3.63, 3.8) is 0 Å². The third-order valence-electron chi connectivity index (χ3n) is 3.66. The minimum atomic E-state index is -0.540. The molecule has 1 amide bonds. The first-order valence-corrected chi connectivity index (χ1v) is 7.32. The molecule has 1 N–H and O–H groups in total. The predicted octanol–water partition coefficient (Wildman–Crippen LogP) is 3.29. The SMILES string of the molecule is O=C(NC1CC2CCC1O2)c1cc(Cl)cc(F)c1Br. The van der Waals surface area contributed by atoms with Gasteiger partial charge in [-0.05, 0) is 47.3 Å². The lowest BCUT2D eigenvalue weighted by molar-refractivity contribution is 0.0840. The number of nitrogens with one attached hydrogen (secondary N) is 1. The summed E-state index contributed by atoms with van der Waals surface area (Å²) in [6, 6.07) is 2.64. The molecule has 1 aromatic carbocycles. The molecule has 2 heterocycles. The zero-order valence-electron chi connectivity index (χ0n) is 9.96. The summed E-state index contributed by atoms with van der Waals surface area (Å²) >= 11 is 8.86. The third-order valence-corrected chi connectivity index (χ3v) is 4.68. The maximum absolute atomic E-state index is 13.5. The van der Waals surface area contributed by atoms with Crippen molar-refractivity contribution in [1.82, 2.24) is 5.32 Å². The van der Waals surface area contributed by atoms with Crippen molar-refractivity contribution >= 4 is 33.4 Å². The predicted molar refractivity (Wildman–Crippen MR) is 72.9 cm³/mol. The van der Waals surface area contributed by atoms with E-state index in [1.54, 1.807) is 0 Å². The standard InChI is InChI=1S/C13H12BrClFNO2/c14-12-8(3-6(15)4-9(12)16)13(18)17-10-5-7-1-2-11(10)19-7/h3-4,7,10-11H,1-2,5H2,(H,17,18). The molecule has 2 saturated heterocycles. The molecule has 19 heavy (non-hydrogen) atoms. The van der Waals surface area contributed by atoms with Crippen LogP contribution in [0.25, 0.3) is 0 Å². The van der Waals surface area contributed by atoms with E-state index in [-0.39, 0.29) is 39.2 Å². The summed E-state index contributed by atoms with van der Waals surface area (Å²) in [4.78, 5) is 12.2. The maximum Gasteiger partial charge on any atom is 0.252 e. The molecule has 0 aliphatic carbocycles. The highest BCUT2D eigenvalue weighted by Crippen LogP contribution is 2.34. The van der Waals surface area contributed by atoms with Crippen molar-refractivity contribution in [2.45, 2.75) is 37.5 Å². The quantitative estimate of drug-likeness (QED) is 0.833. The van der Waals surface area contributed by atoms with Gasteiger partial charge in [-0.3, -0.25) is 4.79 Å². The summed E-state index contributed by atoms with van der Waals surface area (Å²) in [6.45, 7) is 0. The second kappa shape index (κ2) is 5.04. The Morgan fingerprint density at radius 1 is 1.47 bits per heavy atom. The summed E-state index contributed by atoms with van der Waals surface area (Å²) in [5, 5.41) is 3.11. The molecule has 0 aromatic heterocycles. The molecule has 3 atom stereocenters. The van der Waals surface area contributed by atoms with Crippen LogP contribution >= 0.6 is 27.5 Å². The van der Waals surface area contributed by atoms with E-state index in [2.05, 4.69) is 21.2 Å². The van der Waals surface area contributed by atoms with Crippen LogP contribution in [0.15, 0.2) is 16.6 Å². The first-order valence-electron chi connectivity index (χ1n) is 6.15. The largest absolute Gasteiger partial charge is 0.373 e. The van der Waals surface area contributed by atoms with Crippen LogP contribution in [-0.2, 0) is 4.74 Å². The van der Waals surface area contributed by atoms with Crippen LogP contribution in [0.5, 0.6) is 0 Å². The molecular weight excluding hydrogens is 337 g/mol. The first kappa shape index (κ1) is 13.3. The van der Waals surface area contributed by atoms with E-state index >= 15 is 0 Å². The van der Waals surface area contributed by atoms with Crippen LogP contribution in [0.1, 0.15) is 29.6 Å². The number of carbonyl (C=O) groups is 1. The van der Waals surface area contributed by atoms with Crippen LogP contribution in [-0.4, -0.2) is 24.2 Å². The summed E-state index contributed by atoms with van der Waals surface area (Å²) in [5.74, 6) is -0.865. The minimum Gasteiger partial charge on any atom is -0.373 e. The van der Waals surface area contributed by atoms with Crippen molar-refractivity contribution in [3.8, 4) is 0 Å². The molecule has 6 heteroatoms. The van der Waals surface area contributed by atoms with Crippen molar-refractivity contribution in [3.05, 3.63) is 33.0 Å². The van der Waals surface area contributed by atoms with Gasteiger partial charge in [0.15, 0.2) is 0 Å². The summed E-state index contributed by atoms with van der Waals surface area (Å²) in [5.41, 5.74) is 0.216. The zero-order chi connectivity index (χ0) is 13.6. The zero-order valence-corrected chi connectivity index (χ0v) is 12.3. The average molecular weight is 349 g/mol. The molecular formula is C13H12BrClFNO2. The highest BCUT2D eigenvalue weighted by Gasteiger charge is 2.41. The lowest BCUT2D eigenvalue weighted by atomic mass is 9.95. The Hall–Kier alpha value is -0.650. The van der Waals surface area contributed by atoms with E-state index in [4.69, 9.17) is 16.3 Å². The van der Waals surface area contributed by atoms with Gasteiger partial charge in [0.25, 0.3) is 5.91 Å². The van der Waals surface area contributed by atoms with Gasteiger partial charge < -0.3 is 10.1 Å². The molecule has 102 valence electrons. The number of hydrogen-bond acceptors (Lipinski definition) is 2. The number of benzene rings is 1. The normalized spacial score (nSPS) is 28.7. The monoisotopic (exact) mass is 347 g/mol.